The van der Waals surface area contributed by atoms with Crippen molar-refractivity contribution in [2.45, 2.75) is 51.2 Å². The molecule has 0 aliphatic carbocycles. The Bertz CT molecular complexity index is 1090. The average molecular weight is 421 g/mol. The Hall–Kier alpha value is -3.15. The minimum atomic E-state index is -1.24. The summed E-state index contributed by atoms with van der Waals surface area (Å²) in [5.74, 6) is -0.272. The van der Waals surface area contributed by atoms with Gasteiger partial charge in [0.1, 0.15) is 5.82 Å². The van der Waals surface area contributed by atoms with E-state index < -0.39 is 6.17 Å². The lowest BCUT2D eigenvalue weighted by Gasteiger charge is -2.11. The van der Waals surface area contributed by atoms with Crippen molar-refractivity contribution in [1.82, 2.24) is 14.8 Å². The van der Waals surface area contributed by atoms with E-state index in [1.165, 1.54) is 10.7 Å². The topological polar surface area (TPSA) is 47.8 Å². The van der Waals surface area contributed by atoms with Crippen LogP contribution in [0.5, 0.6) is 0 Å². The van der Waals surface area contributed by atoms with Crippen LogP contribution >= 0.6 is 0 Å². The van der Waals surface area contributed by atoms with Crippen LogP contribution in [0.2, 0.25) is 0 Å². The Balaban J connectivity index is 1.43. The standard InChI is InChI=1S/C25H25F2N3O/c1-2-9-17-12-8-14-20(26)19(17)13-6-7-15-23(31)24-28-25-21(27)16-22(30(25)29-24)18-10-4-3-5-11-18/h3-8,10-12,14,21-22H,2,9,13,15-16H2,1H3/b7-6+/t21-,22-/m0/s1. The van der Waals surface area contributed by atoms with Gasteiger partial charge in [-0.1, -0.05) is 68.0 Å². The number of carbonyl (C=O) groups is 1. The quantitative estimate of drug-likeness (QED) is 0.344. The lowest BCUT2D eigenvalue weighted by Crippen LogP contribution is -2.09. The number of nitrogens with zero attached hydrogens (tertiary/aromatic N) is 3. The molecule has 1 aliphatic heterocycles. The first-order valence-electron chi connectivity index (χ1n) is 10.7. The number of Topliss-reactive ketones (excluding diaryl/α,β-unsaturated/α-hetero) is 1. The molecule has 0 spiro atoms. The fourth-order valence-corrected chi connectivity index (χ4v) is 4.07. The van der Waals surface area contributed by atoms with Gasteiger partial charge in [0, 0.05) is 12.8 Å². The van der Waals surface area contributed by atoms with Gasteiger partial charge >= 0.3 is 0 Å². The Morgan fingerprint density at radius 1 is 1.16 bits per heavy atom. The van der Waals surface area contributed by atoms with Gasteiger partial charge in [0.15, 0.2) is 12.0 Å². The molecule has 4 nitrogen and oxygen atoms in total. The molecule has 31 heavy (non-hydrogen) atoms. The number of rotatable bonds is 8. The van der Waals surface area contributed by atoms with Crippen LogP contribution in [0.1, 0.15) is 71.5 Å². The summed E-state index contributed by atoms with van der Waals surface area (Å²) in [5.41, 5.74) is 2.60. The van der Waals surface area contributed by atoms with Crippen molar-refractivity contribution >= 4 is 5.78 Å². The van der Waals surface area contributed by atoms with Gasteiger partial charge in [0.2, 0.25) is 11.6 Å². The van der Waals surface area contributed by atoms with Crippen molar-refractivity contribution in [3.05, 3.63) is 94.8 Å². The van der Waals surface area contributed by atoms with E-state index in [-0.39, 0.29) is 42.1 Å². The first-order valence-corrected chi connectivity index (χ1v) is 10.7. The van der Waals surface area contributed by atoms with E-state index in [1.54, 1.807) is 18.2 Å². The molecule has 160 valence electrons. The number of hydrogen-bond donors (Lipinski definition) is 0. The molecule has 0 amide bonds. The Morgan fingerprint density at radius 2 is 1.97 bits per heavy atom. The summed E-state index contributed by atoms with van der Waals surface area (Å²) in [6.07, 6.45) is 4.80. The Morgan fingerprint density at radius 3 is 2.74 bits per heavy atom. The SMILES string of the molecule is CCCc1cccc(F)c1C/C=C/CC(=O)c1nc2n(n1)[C@H](c1ccccc1)C[C@@H]2F. The van der Waals surface area contributed by atoms with Gasteiger partial charge in [0.05, 0.1) is 6.04 Å². The van der Waals surface area contributed by atoms with Gasteiger partial charge in [-0.15, -0.1) is 5.10 Å². The number of benzene rings is 2. The molecule has 0 N–H and O–H groups in total. The van der Waals surface area contributed by atoms with Gasteiger partial charge in [0.25, 0.3) is 0 Å². The van der Waals surface area contributed by atoms with Crippen LogP contribution in [0.25, 0.3) is 0 Å². The van der Waals surface area contributed by atoms with Crippen molar-refractivity contribution in [1.29, 1.82) is 0 Å². The summed E-state index contributed by atoms with van der Waals surface area (Å²) >= 11 is 0. The zero-order valence-electron chi connectivity index (χ0n) is 17.5. The lowest BCUT2D eigenvalue weighted by atomic mass is 10.00. The molecule has 2 aromatic carbocycles. The zero-order chi connectivity index (χ0) is 21.8. The smallest absolute Gasteiger partial charge is 0.218 e. The summed E-state index contributed by atoms with van der Waals surface area (Å²) < 4.78 is 30.2. The van der Waals surface area contributed by atoms with Crippen LogP contribution < -0.4 is 0 Å². The summed E-state index contributed by atoms with van der Waals surface area (Å²) in [5, 5.41) is 4.31. The van der Waals surface area contributed by atoms with Gasteiger partial charge < -0.3 is 0 Å². The van der Waals surface area contributed by atoms with E-state index in [0.29, 0.717) is 12.0 Å². The highest BCUT2D eigenvalue weighted by atomic mass is 19.1. The second-order valence-electron chi connectivity index (χ2n) is 7.80. The van der Waals surface area contributed by atoms with Gasteiger partial charge in [-0.2, -0.15) is 0 Å². The van der Waals surface area contributed by atoms with Crippen LogP contribution in [-0.2, 0) is 12.8 Å². The minimum absolute atomic E-state index is 0.0282. The number of fused-ring (bicyclic) bond motifs is 1. The molecule has 3 aromatic rings. The summed E-state index contributed by atoms with van der Waals surface area (Å²) in [4.78, 5) is 16.7. The lowest BCUT2D eigenvalue weighted by molar-refractivity contribution is 0.0985. The average Bonchev–Trinajstić information content (AvgIpc) is 3.34. The third-order valence-electron chi connectivity index (χ3n) is 5.62. The van der Waals surface area contributed by atoms with Crippen LogP contribution in [-0.4, -0.2) is 20.5 Å². The largest absolute Gasteiger partial charge is 0.290 e. The molecule has 2 heterocycles. The fourth-order valence-electron chi connectivity index (χ4n) is 4.07. The third-order valence-corrected chi connectivity index (χ3v) is 5.62. The highest BCUT2D eigenvalue weighted by Gasteiger charge is 2.36. The predicted molar refractivity (Wildman–Crippen MR) is 115 cm³/mol. The number of halogens is 2. The molecule has 6 heteroatoms. The van der Waals surface area contributed by atoms with Crippen molar-refractivity contribution < 1.29 is 13.6 Å². The monoisotopic (exact) mass is 421 g/mol. The first kappa shape index (κ1) is 21.1. The molecule has 4 rings (SSSR count). The molecule has 1 aromatic heterocycles. The molecule has 0 saturated carbocycles. The van der Waals surface area contributed by atoms with E-state index in [9.17, 15) is 13.6 Å². The van der Waals surface area contributed by atoms with Gasteiger partial charge in [-0.25, -0.2) is 18.4 Å². The summed E-state index contributed by atoms with van der Waals surface area (Å²) in [6.45, 7) is 2.06. The van der Waals surface area contributed by atoms with E-state index in [1.807, 2.05) is 36.4 Å². The third kappa shape index (κ3) is 4.48. The summed E-state index contributed by atoms with van der Waals surface area (Å²) in [7, 11) is 0. The number of hydrogen-bond acceptors (Lipinski definition) is 3. The van der Waals surface area contributed by atoms with E-state index >= 15 is 0 Å². The van der Waals surface area contributed by atoms with E-state index in [2.05, 4.69) is 17.0 Å². The molecular formula is C25H25F2N3O. The van der Waals surface area contributed by atoms with Crippen molar-refractivity contribution in [2.75, 3.05) is 0 Å². The molecule has 2 atom stereocenters. The maximum absolute atomic E-state index is 14.5. The number of carbonyl (C=O) groups excluding carboxylic acids is 1. The highest BCUT2D eigenvalue weighted by molar-refractivity contribution is 5.93. The molecule has 0 radical (unpaired) electrons. The molecule has 1 aliphatic rings. The van der Waals surface area contributed by atoms with Crippen molar-refractivity contribution in [3.8, 4) is 0 Å². The number of aryl methyl sites for hydroxylation is 1. The molecule has 0 unspecified atom stereocenters. The number of aromatic nitrogens is 3. The van der Waals surface area contributed by atoms with Crippen LogP contribution in [0, 0.1) is 5.82 Å². The van der Waals surface area contributed by atoms with Crippen LogP contribution in [0.3, 0.4) is 0 Å². The Labute approximate surface area is 180 Å². The fraction of sp³-hybridized carbons (Fsp3) is 0.320. The second-order valence-corrected chi connectivity index (χ2v) is 7.80. The van der Waals surface area contributed by atoms with Gasteiger partial charge in [-0.3, -0.25) is 4.79 Å². The van der Waals surface area contributed by atoms with Crippen LogP contribution in [0.4, 0.5) is 8.78 Å². The normalized spacial score (nSPS) is 17.9. The highest BCUT2D eigenvalue weighted by Crippen LogP contribution is 2.39. The van der Waals surface area contributed by atoms with Gasteiger partial charge in [-0.05, 0) is 35.6 Å². The zero-order valence-corrected chi connectivity index (χ0v) is 17.5. The maximum Gasteiger partial charge on any atom is 0.218 e. The van der Waals surface area contributed by atoms with E-state index in [0.717, 1.165) is 24.0 Å². The molecule has 0 fully saturated rings. The Kier molecular flexibility index (Phi) is 6.35. The number of ketones is 1. The molecule has 0 saturated heterocycles. The summed E-state index contributed by atoms with van der Waals surface area (Å²) in [6, 6.07) is 14.4. The van der Waals surface area contributed by atoms with Crippen molar-refractivity contribution in [3.63, 3.8) is 0 Å². The first-order chi connectivity index (χ1) is 15.1. The van der Waals surface area contributed by atoms with Crippen molar-refractivity contribution in [2.24, 2.45) is 0 Å². The number of allylic oxidation sites excluding steroid dienone is 2. The predicted octanol–water partition coefficient (Wildman–Crippen LogP) is 5.75. The molecular weight excluding hydrogens is 396 g/mol. The number of alkyl halides is 1. The maximum atomic E-state index is 14.5. The minimum Gasteiger partial charge on any atom is -0.290 e. The molecule has 0 bridgehead atoms. The van der Waals surface area contributed by atoms with Crippen LogP contribution in [0.15, 0.2) is 60.7 Å². The second kappa shape index (κ2) is 9.33. The van der Waals surface area contributed by atoms with E-state index in [4.69, 9.17) is 0 Å².